The molecule has 2 heterocycles. The van der Waals surface area contributed by atoms with Crippen molar-refractivity contribution in [2.45, 2.75) is 19.1 Å². The SMILES string of the molecule is COc1nc(N)nc2ncn(CCC(CO)OC)c12. The molecule has 0 aliphatic rings. The molecule has 3 N–H and O–H groups in total. The van der Waals surface area contributed by atoms with Crippen molar-refractivity contribution in [2.75, 3.05) is 26.6 Å². The Labute approximate surface area is 110 Å². The zero-order valence-corrected chi connectivity index (χ0v) is 10.9. The van der Waals surface area contributed by atoms with Crippen LogP contribution in [0.25, 0.3) is 11.2 Å². The summed E-state index contributed by atoms with van der Waals surface area (Å²) in [7, 11) is 3.08. The van der Waals surface area contributed by atoms with Crippen LogP contribution in [0.4, 0.5) is 5.95 Å². The van der Waals surface area contributed by atoms with E-state index in [0.717, 1.165) is 0 Å². The van der Waals surface area contributed by atoms with Crippen LogP contribution in [0.15, 0.2) is 6.33 Å². The number of fused-ring (bicyclic) bond motifs is 1. The molecule has 2 rings (SSSR count). The molecule has 0 fully saturated rings. The average Bonchev–Trinajstić information content (AvgIpc) is 2.82. The van der Waals surface area contributed by atoms with Crippen LogP contribution in [0.3, 0.4) is 0 Å². The minimum Gasteiger partial charge on any atom is -0.479 e. The maximum absolute atomic E-state index is 9.09. The van der Waals surface area contributed by atoms with Crippen LogP contribution in [-0.2, 0) is 11.3 Å². The largest absolute Gasteiger partial charge is 0.479 e. The van der Waals surface area contributed by atoms with Crippen LogP contribution in [-0.4, -0.2) is 51.6 Å². The number of rotatable bonds is 6. The summed E-state index contributed by atoms with van der Waals surface area (Å²) in [6.45, 7) is 0.586. The quantitative estimate of drug-likeness (QED) is 0.747. The number of hydrogen-bond acceptors (Lipinski definition) is 7. The van der Waals surface area contributed by atoms with Gasteiger partial charge in [0.1, 0.15) is 0 Å². The average molecular weight is 267 g/mol. The van der Waals surface area contributed by atoms with E-state index in [0.29, 0.717) is 30.0 Å². The van der Waals surface area contributed by atoms with Gasteiger partial charge in [-0.15, -0.1) is 0 Å². The molecule has 0 saturated heterocycles. The molecule has 0 bridgehead atoms. The minimum atomic E-state index is -0.210. The third-order valence-electron chi connectivity index (χ3n) is 2.88. The summed E-state index contributed by atoms with van der Waals surface area (Å²) < 4.78 is 12.2. The van der Waals surface area contributed by atoms with Gasteiger partial charge in [0.05, 0.1) is 26.1 Å². The second-order valence-corrected chi connectivity index (χ2v) is 4.03. The molecule has 0 radical (unpaired) electrons. The minimum absolute atomic E-state index is 0.0241. The molecule has 0 spiro atoms. The third kappa shape index (κ3) is 2.74. The highest BCUT2D eigenvalue weighted by molar-refractivity contribution is 5.77. The maximum Gasteiger partial charge on any atom is 0.245 e. The van der Waals surface area contributed by atoms with Gasteiger partial charge in [-0.2, -0.15) is 9.97 Å². The second-order valence-electron chi connectivity index (χ2n) is 4.03. The van der Waals surface area contributed by atoms with Crippen molar-refractivity contribution in [1.29, 1.82) is 0 Å². The van der Waals surface area contributed by atoms with Crippen LogP contribution in [0.1, 0.15) is 6.42 Å². The van der Waals surface area contributed by atoms with Crippen molar-refractivity contribution in [2.24, 2.45) is 0 Å². The number of nitrogen functional groups attached to an aromatic ring is 1. The van der Waals surface area contributed by atoms with E-state index >= 15 is 0 Å². The monoisotopic (exact) mass is 267 g/mol. The van der Waals surface area contributed by atoms with Gasteiger partial charge in [0.25, 0.3) is 0 Å². The van der Waals surface area contributed by atoms with Crippen LogP contribution in [0, 0.1) is 0 Å². The Morgan fingerprint density at radius 1 is 1.42 bits per heavy atom. The lowest BCUT2D eigenvalue weighted by Crippen LogP contribution is -2.18. The first-order valence-electron chi connectivity index (χ1n) is 5.85. The molecule has 8 heteroatoms. The predicted molar refractivity (Wildman–Crippen MR) is 68.8 cm³/mol. The Balaban J connectivity index is 2.29. The van der Waals surface area contributed by atoms with Crippen molar-refractivity contribution >= 4 is 17.1 Å². The first kappa shape index (κ1) is 13.5. The smallest absolute Gasteiger partial charge is 0.245 e. The van der Waals surface area contributed by atoms with Crippen LogP contribution in [0.5, 0.6) is 5.88 Å². The van der Waals surface area contributed by atoms with Gasteiger partial charge in [0.2, 0.25) is 11.8 Å². The number of anilines is 1. The third-order valence-corrected chi connectivity index (χ3v) is 2.88. The highest BCUT2D eigenvalue weighted by Gasteiger charge is 2.14. The first-order chi connectivity index (χ1) is 9.19. The molecule has 2 aromatic rings. The van der Waals surface area contributed by atoms with Gasteiger partial charge in [-0.3, -0.25) is 0 Å². The summed E-state index contributed by atoms with van der Waals surface area (Å²) in [4.78, 5) is 12.2. The summed E-state index contributed by atoms with van der Waals surface area (Å²) in [6.07, 6.45) is 2.08. The van der Waals surface area contributed by atoms with Crippen LogP contribution in [0.2, 0.25) is 0 Å². The predicted octanol–water partition coefficient (Wildman–Crippen LogP) is -0.186. The van der Waals surface area contributed by atoms with Crippen molar-refractivity contribution in [1.82, 2.24) is 19.5 Å². The molecule has 0 saturated carbocycles. The van der Waals surface area contributed by atoms with Crippen LogP contribution >= 0.6 is 0 Å². The zero-order valence-electron chi connectivity index (χ0n) is 10.9. The highest BCUT2D eigenvalue weighted by Crippen LogP contribution is 2.22. The second kappa shape index (κ2) is 5.81. The summed E-state index contributed by atoms with van der Waals surface area (Å²) in [5, 5.41) is 9.09. The Bertz CT molecular complexity index is 552. The van der Waals surface area contributed by atoms with Gasteiger partial charge >= 0.3 is 0 Å². The molecular formula is C11H17N5O3. The molecule has 0 aliphatic heterocycles. The summed E-state index contributed by atoms with van der Waals surface area (Å²) in [5.74, 6) is 0.512. The fraction of sp³-hybridized carbons (Fsp3) is 0.545. The standard InChI is InChI=1S/C11H17N5O3/c1-18-7(5-17)3-4-16-6-13-9-8(16)10(19-2)15-11(12)14-9/h6-7,17H,3-5H2,1-2H3,(H2,12,14,15). The van der Waals surface area contributed by atoms with Crippen molar-refractivity contribution in [3.63, 3.8) is 0 Å². The molecule has 0 amide bonds. The summed E-state index contributed by atoms with van der Waals surface area (Å²) in [5.41, 5.74) is 6.74. The highest BCUT2D eigenvalue weighted by atomic mass is 16.5. The van der Waals surface area contributed by atoms with E-state index in [1.165, 1.54) is 7.11 Å². The number of aliphatic hydroxyl groups is 1. The van der Waals surface area contributed by atoms with Gasteiger partial charge in [-0.05, 0) is 6.42 Å². The zero-order chi connectivity index (χ0) is 13.8. The molecule has 104 valence electrons. The molecule has 1 unspecified atom stereocenters. The lowest BCUT2D eigenvalue weighted by atomic mass is 10.2. The van der Waals surface area contributed by atoms with E-state index in [9.17, 15) is 0 Å². The normalized spacial score (nSPS) is 12.8. The van der Waals surface area contributed by atoms with E-state index in [1.807, 2.05) is 4.57 Å². The molecule has 1 atom stereocenters. The van der Waals surface area contributed by atoms with Gasteiger partial charge in [0, 0.05) is 13.7 Å². The molecule has 0 aliphatic carbocycles. The number of aromatic nitrogens is 4. The van der Waals surface area contributed by atoms with Gasteiger partial charge < -0.3 is 24.9 Å². The topological polar surface area (TPSA) is 108 Å². The number of hydrogen-bond donors (Lipinski definition) is 2. The number of nitrogens with zero attached hydrogens (tertiary/aromatic N) is 4. The van der Waals surface area contributed by atoms with Gasteiger partial charge in [0.15, 0.2) is 11.2 Å². The molecule has 0 aromatic carbocycles. The fourth-order valence-electron chi connectivity index (χ4n) is 1.84. The molecular weight excluding hydrogens is 250 g/mol. The Kier molecular flexibility index (Phi) is 4.13. The maximum atomic E-state index is 9.09. The van der Waals surface area contributed by atoms with E-state index in [-0.39, 0.29) is 18.7 Å². The van der Waals surface area contributed by atoms with E-state index < -0.39 is 0 Å². The summed E-state index contributed by atoms with van der Waals surface area (Å²) >= 11 is 0. The fourth-order valence-corrected chi connectivity index (χ4v) is 1.84. The lowest BCUT2D eigenvalue weighted by Gasteiger charge is -2.13. The first-order valence-corrected chi connectivity index (χ1v) is 5.85. The Hall–Kier alpha value is -1.93. The number of ether oxygens (including phenoxy) is 2. The number of imidazole rings is 1. The molecule has 19 heavy (non-hydrogen) atoms. The molecule has 8 nitrogen and oxygen atoms in total. The number of aliphatic hydroxyl groups excluding tert-OH is 1. The van der Waals surface area contributed by atoms with Gasteiger partial charge in [-0.1, -0.05) is 0 Å². The molecule has 2 aromatic heterocycles. The number of aryl methyl sites for hydroxylation is 1. The van der Waals surface area contributed by atoms with Crippen molar-refractivity contribution < 1.29 is 14.6 Å². The number of methoxy groups -OCH3 is 2. The van der Waals surface area contributed by atoms with E-state index in [1.54, 1.807) is 13.4 Å². The Morgan fingerprint density at radius 2 is 2.21 bits per heavy atom. The van der Waals surface area contributed by atoms with E-state index in [2.05, 4.69) is 15.0 Å². The van der Waals surface area contributed by atoms with Crippen molar-refractivity contribution in [3.8, 4) is 5.88 Å². The summed E-state index contributed by atoms with van der Waals surface area (Å²) in [6, 6.07) is 0. The van der Waals surface area contributed by atoms with Crippen LogP contribution < -0.4 is 10.5 Å². The van der Waals surface area contributed by atoms with Gasteiger partial charge in [-0.25, -0.2) is 4.98 Å². The van der Waals surface area contributed by atoms with Crippen molar-refractivity contribution in [3.05, 3.63) is 6.33 Å². The number of nitrogens with two attached hydrogens (primary N) is 1. The lowest BCUT2D eigenvalue weighted by molar-refractivity contribution is 0.0405. The van der Waals surface area contributed by atoms with E-state index in [4.69, 9.17) is 20.3 Å². The Morgan fingerprint density at radius 3 is 2.84 bits per heavy atom.